The molecule has 4 heterocycles. The van der Waals surface area contributed by atoms with E-state index in [0.717, 1.165) is 33.5 Å². The standard InChI is InChI=1S/C19H21N7/c1-13(2)26-19-16(10-24-26)6-15(9-22-19)8-21-17-11-20-5-4-18(17)25-12-14(3)7-23-25/h4-7,9-13,21H,8H2,1-3H3. The lowest BCUT2D eigenvalue weighted by Crippen LogP contribution is -2.06. The molecule has 7 nitrogen and oxygen atoms in total. The maximum absolute atomic E-state index is 4.59. The second-order valence-electron chi connectivity index (χ2n) is 6.65. The molecule has 0 bridgehead atoms. The van der Waals surface area contributed by atoms with E-state index in [1.807, 2.05) is 53.3 Å². The van der Waals surface area contributed by atoms with Crippen LogP contribution in [0.3, 0.4) is 0 Å². The number of rotatable bonds is 5. The van der Waals surface area contributed by atoms with Gasteiger partial charge in [0.25, 0.3) is 0 Å². The zero-order valence-corrected chi connectivity index (χ0v) is 15.1. The predicted octanol–water partition coefficient (Wildman–Crippen LogP) is 3.51. The highest BCUT2D eigenvalue weighted by Crippen LogP contribution is 2.21. The van der Waals surface area contributed by atoms with Gasteiger partial charge in [-0.25, -0.2) is 14.3 Å². The van der Waals surface area contributed by atoms with Crippen LogP contribution in [0.4, 0.5) is 5.69 Å². The van der Waals surface area contributed by atoms with Crippen molar-refractivity contribution in [2.75, 3.05) is 5.32 Å². The van der Waals surface area contributed by atoms with Crippen molar-refractivity contribution >= 4 is 16.7 Å². The van der Waals surface area contributed by atoms with E-state index in [1.54, 1.807) is 6.20 Å². The molecule has 7 heteroatoms. The van der Waals surface area contributed by atoms with E-state index in [9.17, 15) is 0 Å². The topological polar surface area (TPSA) is 73.5 Å². The molecule has 0 saturated heterocycles. The van der Waals surface area contributed by atoms with Gasteiger partial charge in [0.2, 0.25) is 0 Å². The second-order valence-corrected chi connectivity index (χ2v) is 6.65. The van der Waals surface area contributed by atoms with Crippen LogP contribution in [0.2, 0.25) is 0 Å². The maximum atomic E-state index is 4.59. The lowest BCUT2D eigenvalue weighted by atomic mass is 10.2. The van der Waals surface area contributed by atoms with E-state index in [2.05, 4.69) is 45.4 Å². The highest BCUT2D eigenvalue weighted by molar-refractivity contribution is 5.75. The molecule has 132 valence electrons. The van der Waals surface area contributed by atoms with Gasteiger partial charge in [0, 0.05) is 36.6 Å². The van der Waals surface area contributed by atoms with Crippen LogP contribution in [0.15, 0.2) is 49.3 Å². The lowest BCUT2D eigenvalue weighted by molar-refractivity contribution is 0.546. The van der Waals surface area contributed by atoms with Crippen LogP contribution >= 0.6 is 0 Å². The number of aromatic nitrogens is 6. The van der Waals surface area contributed by atoms with Gasteiger partial charge in [-0.05, 0) is 44.0 Å². The Bertz CT molecular complexity index is 1040. The molecule has 0 aliphatic rings. The van der Waals surface area contributed by atoms with Gasteiger partial charge in [-0.3, -0.25) is 4.98 Å². The minimum atomic E-state index is 0.291. The van der Waals surface area contributed by atoms with E-state index < -0.39 is 0 Å². The van der Waals surface area contributed by atoms with Gasteiger partial charge in [-0.1, -0.05) is 0 Å². The van der Waals surface area contributed by atoms with Gasteiger partial charge in [-0.15, -0.1) is 0 Å². The van der Waals surface area contributed by atoms with Crippen molar-refractivity contribution in [3.05, 3.63) is 60.4 Å². The number of hydrogen-bond donors (Lipinski definition) is 1. The fourth-order valence-electron chi connectivity index (χ4n) is 2.93. The summed E-state index contributed by atoms with van der Waals surface area (Å²) < 4.78 is 3.79. The van der Waals surface area contributed by atoms with Crippen molar-refractivity contribution in [3.8, 4) is 5.69 Å². The quantitative estimate of drug-likeness (QED) is 0.598. The summed E-state index contributed by atoms with van der Waals surface area (Å²) in [7, 11) is 0. The summed E-state index contributed by atoms with van der Waals surface area (Å²) in [4.78, 5) is 8.82. The first-order chi connectivity index (χ1) is 12.6. The van der Waals surface area contributed by atoms with Crippen LogP contribution in [0.5, 0.6) is 0 Å². The molecule has 4 aromatic rings. The Balaban J connectivity index is 1.57. The van der Waals surface area contributed by atoms with Crippen LogP contribution in [0.25, 0.3) is 16.7 Å². The normalized spacial score (nSPS) is 11.4. The van der Waals surface area contributed by atoms with E-state index >= 15 is 0 Å². The third kappa shape index (κ3) is 3.03. The third-order valence-corrected chi connectivity index (χ3v) is 4.22. The molecule has 26 heavy (non-hydrogen) atoms. The molecule has 1 N–H and O–H groups in total. The fraction of sp³-hybridized carbons (Fsp3) is 0.263. The third-order valence-electron chi connectivity index (χ3n) is 4.22. The van der Waals surface area contributed by atoms with Crippen LogP contribution < -0.4 is 5.32 Å². The monoisotopic (exact) mass is 347 g/mol. The smallest absolute Gasteiger partial charge is 0.157 e. The van der Waals surface area contributed by atoms with Crippen LogP contribution in [-0.4, -0.2) is 29.5 Å². The van der Waals surface area contributed by atoms with E-state index in [-0.39, 0.29) is 0 Å². The number of hydrogen-bond acceptors (Lipinski definition) is 5. The number of nitrogens with one attached hydrogen (secondary N) is 1. The lowest BCUT2D eigenvalue weighted by Gasteiger charge is -2.12. The minimum absolute atomic E-state index is 0.291. The van der Waals surface area contributed by atoms with E-state index in [0.29, 0.717) is 12.6 Å². The molecule has 0 fully saturated rings. The molecule has 0 amide bonds. The second kappa shape index (κ2) is 6.59. The maximum Gasteiger partial charge on any atom is 0.157 e. The van der Waals surface area contributed by atoms with Crippen LogP contribution in [0, 0.1) is 6.92 Å². The minimum Gasteiger partial charge on any atom is -0.378 e. The van der Waals surface area contributed by atoms with Crippen LogP contribution in [0.1, 0.15) is 31.0 Å². The van der Waals surface area contributed by atoms with Crippen molar-refractivity contribution in [3.63, 3.8) is 0 Å². The number of fused-ring (bicyclic) bond motifs is 1. The summed E-state index contributed by atoms with van der Waals surface area (Å²) in [5, 5.41) is 13.3. The average molecular weight is 347 g/mol. The van der Waals surface area contributed by atoms with Gasteiger partial charge in [0.15, 0.2) is 5.65 Å². The molecule has 0 aliphatic carbocycles. The first-order valence-electron chi connectivity index (χ1n) is 8.63. The predicted molar refractivity (Wildman–Crippen MR) is 101 cm³/mol. The Hall–Kier alpha value is -3.22. The first kappa shape index (κ1) is 16.3. The summed E-state index contributed by atoms with van der Waals surface area (Å²) in [6.45, 7) is 6.87. The Morgan fingerprint density at radius 2 is 2.00 bits per heavy atom. The van der Waals surface area contributed by atoms with Gasteiger partial charge in [0.1, 0.15) is 0 Å². The Morgan fingerprint density at radius 1 is 1.12 bits per heavy atom. The molecule has 0 saturated carbocycles. The van der Waals surface area contributed by atoms with Gasteiger partial charge in [-0.2, -0.15) is 10.2 Å². The zero-order valence-electron chi connectivity index (χ0n) is 15.1. The fourth-order valence-corrected chi connectivity index (χ4v) is 2.93. The molecule has 0 atom stereocenters. The summed E-state index contributed by atoms with van der Waals surface area (Å²) in [6.07, 6.45) is 11.2. The Labute approximate surface area is 151 Å². The van der Waals surface area contributed by atoms with E-state index in [1.165, 1.54) is 0 Å². The highest BCUT2D eigenvalue weighted by Gasteiger charge is 2.09. The molecular weight excluding hydrogens is 326 g/mol. The van der Waals surface area contributed by atoms with Crippen LogP contribution in [-0.2, 0) is 6.54 Å². The number of pyridine rings is 2. The molecule has 0 spiro atoms. The molecule has 0 radical (unpaired) electrons. The molecule has 4 aromatic heterocycles. The van der Waals surface area contributed by atoms with Crippen molar-refractivity contribution < 1.29 is 0 Å². The van der Waals surface area contributed by atoms with Gasteiger partial charge in [0.05, 0.1) is 30.0 Å². The largest absolute Gasteiger partial charge is 0.378 e. The van der Waals surface area contributed by atoms with Crippen molar-refractivity contribution in [1.29, 1.82) is 0 Å². The molecule has 0 aliphatic heterocycles. The van der Waals surface area contributed by atoms with Gasteiger partial charge >= 0.3 is 0 Å². The zero-order chi connectivity index (χ0) is 18.1. The number of nitrogens with zero attached hydrogens (tertiary/aromatic N) is 6. The number of aryl methyl sites for hydroxylation is 1. The summed E-state index contributed by atoms with van der Waals surface area (Å²) in [6, 6.07) is 4.36. The molecule has 4 rings (SSSR count). The summed E-state index contributed by atoms with van der Waals surface area (Å²) in [5.41, 5.74) is 5.01. The van der Waals surface area contributed by atoms with Crippen molar-refractivity contribution in [2.45, 2.75) is 33.4 Å². The Morgan fingerprint density at radius 3 is 2.77 bits per heavy atom. The number of anilines is 1. The van der Waals surface area contributed by atoms with E-state index in [4.69, 9.17) is 0 Å². The summed E-state index contributed by atoms with van der Waals surface area (Å²) >= 11 is 0. The van der Waals surface area contributed by atoms with Crippen molar-refractivity contribution in [2.24, 2.45) is 0 Å². The molecule has 0 aromatic carbocycles. The Kier molecular flexibility index (Phi) is 4.12. The summed E-state index contributed by atoms with van der Waals surface area (Å²) in [5.74, 6) is 0. The molecular formula is C19H21N7. The average Bonchev–Trinajstić information content (AvgIpc) is 3.26. The molecule has 0 unspecified atom stereocenters. The van der Waals surface area contributed by atoms with Gasteiger partial charge < -0.3 is 5.32 Å². The first-order valence-corrected chi connectivity index (χ1v) is 8.63. The van der Waals surface area contributed by atoms with Crippen molar-refractivity contribution in [1.82, 2.24) is 29.5 Å². The highest BCUT2D eigenvalue weighted by atomic mass is 15.3. The SMILES string of the molecule is Cc1cnn(-c2ccncc2NCc2cnc3c(cnn3C(C)C)c2)c1.